The lowest BCUT2D eigenvalue weighted by Crippen LogP contribution is -2.28. The highest BCUT2D eigenvalue weighted by Crippen LogP contribution is 2.25. The summed E-state index contributed by atoms with van der Waals surface area (Å²) in [6.45, 7) is 3.95. The van der Waals surface area contributed by atoms with Crippen LogP contribution in [0.3, 0.4) is 0 Å². The highest BCUT2D eigenvalue weighted by molar-refractivity contribution is 5.36. The van der Waals surface area contributed by atoms with Crippen molar-refractivity contribution >= 4 is 0 Å². The van der Waals surface area contributed by atoms with Gasteiger partial charge in [-0.15, -0.1) is 0 Å². The predicted octanol–water partition coefficient (Wildman–Crippen LogP) is 3.17. The number of hydrogen-bond acceptors (Lipinski definition) is 3. The number of benzene rings is 2. The maximum absolute atomic E-state index is 13.0. The average molecular weight is 274 g/mol. The van der Waals surface area contributed by atoms with E-state index in [1.807, 2.05) is 38.1 Å². The number of ether oxygens (including phenoxy) is 1. The third kappa shape index (κ3) is 3.56. The first-order valence-corrected chi connectivity index (χ1v) is 6.58. The minimum absolute atomic E-state index is 0.111. The van der Waals surface area contributed by atoms with Crippen molar-refractivity contribution in [2.45, 2.75) is 26.0 Å². The molecule has 1 atom stereocenters. The molecule has 0 heterocycles. The standard InChI is InChI=1S/C16H19FN2O/c1-11(2)20-15-5-3-4-13(10-15)16(19-18)12-6-8-14(17)9-7-12/h3-11,16,19H,18H2,1-2H3. The van der Waals surface area contributed by atoms with Crippen LogP contribution in [0.5, 0.6) is 5.75 Å². The largest absolute Gasteiger partial charge is 0.491 e. The van der Waals surface area contributed by atoms with Gasteiger partial charge in [-0.25, -0.2) is 9.82 Å². The van der Waals surface area contributed by atoms with Gasteiger partial charge in [0.1, 0.15) is 11.6 Å². The fourth-order valence-electron chi connectivity index (χ4n) is 2.08. The van der Waals surface area contributed by atoms with E-state index in [4.69, 9.17) is 10.6 Å². The Hall–Kier alpha value is -1.91. The van der Waals surface area contributed by atoms with E-state index in [0.29, 0.717) is 0 Å². The molecule has 0 aliphatic rings. The molecular formula is C16H19FN2O. The molecule has 3 nitrogen and oxygen atoms in total. The van der Waals surface area contributed by atoms with Gasteiger partial charge < -0.3 is 4.74 Å². The van der Waals surface area contributed by atoms with Crippen LogP contribution in [0, 0.1) is 5.82 Å². The molecule has 0 fully saturated rings. The molecule has 0 amide bonds. The van der Waals surface area contributed by atoms with Crippen LogP contribution in [0.25, 0.3) is 0 Å². The number of rotatable bonds is 5. The third-order valence-electron chi connectivity index (χ3n) is 2.93. The van der Waals surface area contributed by atoms with Crippen LogP contribution in [0.2, 0.25) is 0 Å². The lowest BCUT2D eigenvalue weighted by atomic mass is 9.99. The van der Waals surface area contributed by atoms with Gasteiger partial charge in [-0.3, -0.25) is 5.84 Å². The molecule has 2 aromatic rings. The molecule has 0 aliphatic heterocycles. The van der Waals surface area contributed by atoms with Crippen molar-refractivity contribution in [1.29, 1.82) is 0 Å². The fourth-order valence-corrected chi connectivity index (χ4v) is 2.08. The average Bonchev–Trinajstić information content (AvgIpc) is 2.41. The molecule has 1 unspecified atom stereocenters. The summed E-state index contributed by atoms with van der Waals surface area (Å²) in [6.07, 6.45) is 0.111. The summed E-state index contributed by atoms with van der Waals surface area (Å²) in [7, 11) is 0. The molecule has 0 aromatic heterocycles. The van der Waals surface area contributed by atoms with E-state index in [1.165, 1.54) is 12.1 Å². The summed E-state index contributed by atoms with van der Waals surface area (Å²) < 4.78 is 18.7. The molecule has 0 bridgehead atoms. The highest BCUT2D eigenvalue weighted by atomic mass is 19.1. The summed E-state index contributed by atoms with van der Waals surface area (Å²) >= 11 is 0. The maximum atomic E-state index is 13.0. The van der Waals surface area contributed by atoms with Crippen LogP contribution in [-0.4, -0.2) is 6.10 Å². The molecule has 0 radical (unpaired) electrons. The van der Waals surface area contributed by atoms with E-state index in [1.54, 1.807) is 12.1 Å². The van der Waals surface area contributed by atoms with E-state index in [9.17, 15) is 4.39 Å². The number of halogens is 1. The zero-order valence-corrected chi connectivity index (χ0v) is 11.6. The summed E-state index contributed by atoms with van der Waals surface area (Å²) in [5.74, 6) is 6.17. The second kappa shape index (κ2) is 6.50. The van der Waals surface area contributed by atoms with Crippen LogP contribution in [0.1, 0.15) is 31.0 Å². The molecule has 4 heteroatoms. The summed E-state index contributed by atoms with van der Waals surface area (Å²) in [4.78, 5) is 0. The maximum Gasteiger partial charge on any atom is 0.123 e. The first kappa shape index (κ1) is 14.5. The normalized spacial score (nSPS) is 12.4. The molecule has 2 rings (SSSR count). The van der Waals surface area contributed by atoms with Crippen molar-refractivity contribution in [2.24, 2.45) is 5.84 Å². The topological polar surface area (TPSA) is 47.3 Å². The molecule has 0 saturated heterocycles. The van der Waals surface area contributed by atoms with Gasteiger partial charge in [-0.2, -0.15) is 0 Å². The Morgan fingerprint density at radius 3 is 2.35 bits per heavy atom. The SMILES string of the molecule is CC(C)Oc1cccc(C(NN)c2ccc(F)cc2)c1. The van der Waals surface area contributed by atoms with Crippen LogP contribution < -0.4 is 16.0 Å². The number of hydrogen-bond donors (Lipinski definition) is 2. The molecular weight excluding hydrogens is 255 g/mol. The Balaban J connectivity index is 2.29. The highest BCUT2D eigenvalue weighted by Gasteiger charge is 2.13. The monoisotopic (exact) mass is 274 g/mol. The van der Waals surface area contributed by atoms with Crippen LogP contribution in [0.15, 0.2) is 48.5 Å². The van der Waals surface area contributed by atoms with Crippen molar-refractivity contribution in [3.05, 3.63) is 65.5 Å². The van der Waals surface area contributed by atoms with Gasteiger partial charge in [-0.05, 0) is 49.2 Å². The quantitative estimate of drug-likeness (QED) is 0.650. The molecule has 0 saturated carbocycles. The van der Waals surface area contributed by atoms with E-state index in [0.717, 1.165) is 16.9 Å². The Kier molecular flexibility index (Phi) is 4.71. The Morgan fingerprint density at radius 2 is 1.75 bits per heavy atom. The van der Waals surface area contributed by atoms with E-state index in [-0.39, 0.29) is 18.0 Å². The molecule has 0 spiro atoms. The minimum Gasteiger partial charge on any atom is -0.491 e. The van der Waals surface area contributed by atoms with Crippen molar-refractivity contribution in [1.82, 2.24) is 5.43 Å². The first-order chi connectivity index (χ1) is 9.60. The summed E-state index contributed by atoms with van der Waals surface area (Å²) in [6, 6.07) is 13.8. The first-order valence-electron chi connectivity index (χ1n) is 6.58. The van der Waals surface area contributed by atoms with Crippen molar-refractivity contribution < 1.29 is 9.13 Å². The van der Waals surface area contributed by atoms with Crippen molar-refractivity contribution in [3.8, 4) is 5.75 Å². The lowest BCUT2D eigenvalue weighted by Gasteiger charge is -2.18. The Labute approximate surface area is 118 Å². The minimum atomic E-state index is -0.263. The Morgan fingerprint density at radius 1 is 1.05 bits per heavy atom. The summed E-state index contributed by atoms with van der Waals surface area (Å²) in [5.41, 5.74) is 4.63. The van der Waals surface area contributed by atoms with E-state index < -0.39 is 0 Å². The lowest BCUT2D eigenvalue weighted by molar-refractivity contribution is 0.242. The van der Waals surface area contributed by atoms with Gasteiger partial charge in [-0.1, -0.05) is 24.3 Å². The van der Waals surface area contributed by atoms with Gasteiger partial charge >= 0.3 is 0 Å². The van der Waals surface area contributed by atoms with Crippen LogP contribution >= 0.6 is 0 Å². The molecule has 0 aliphatic carbocycles. The number of nitrogens with one attached hydrogen (secondary N) is 1. The molecule has 2 aromatic carbocycles. The molecule has 106 valence electrons. The predicted molar refractivity (Wildman–Crippen MR) is 77.8 cm³/mol. The van der Waals surface area contributed by atoms with Crippen LogP contribution in [0.4, 0.5) is 4.39 Å². The second-order valence-electron chi connectivity index (χ2n) is 4.89. The Bertz CT molecular complexity index is 555. The molecule has 20 heavy (non-hydrogen) atoms. The zero-order valence-electron chi connectivity index (χ0n) is 11.6. The van der Waals surface area contributed by atoms with Crippen molar-refractivity contribution in [3.63, 3.8) is 0 Å². The summed E-state index contributed by atoms with van der Waals surface area (Å²) in [5, 5.41) is 0. The fraction of sp³-hybridized carbons (Fsp3) is 0.250. The third-order valence-corrected chi connectivity index (χ3v) is 2.93. The second-order valence-corrected chi connectivity index (χ2v) is 4.89. The van der Waals surface area contributed by atoms with E-state index in [2.05, 4.69) is 5.43 Å². The smallest absolute Gasteiger partial charge is 0.123 e. The van der Waals surface area contributed by atoms with Crippen molar-refractivity contribution in [2.75, 3.05) is 0 Å². The zero-order chi connectivity index (χ0) is 14.5. The van der Waals surface area contributed by atoms with Gasteiger partial charge in [0.15, 0.2) is 0 Å². The van der Waals surface area contributed by atoms with Gasteiger partial charge in [0, 0.05) is 0 Å². The van der Waals surface area contributed by atoms with Crippen LogP contribution in [-0.2, 0) is 0 Å². The number of hydrazine groups is 1. The van der Waals surface area contributed by atoms with Gasteiger partial charge in [0.2, 0.25) is 0 Å². The molecule has 3 N–H and O–H groups in total. The number of nitrogens with two attached hydrogens (primary N) is 1. The van der Waals surface area contributed by atoms with Gasteiger partial charge in [0.25, 0.3) is 0 Å². The van der Waals surface area contributed by atoms with Gasteiger partial charge in [0.05, 0.1) is 12.1 Å². The van der Waals surface area contributed by atoms with E-state index >= 15 is 0 Å².